The summed E-state index contributed by atoms with van der Waals surface area (Å²) in [5.74, 6) is -0.985. The maximum atomic E-state index is 10.9. The smallest absolute Gasteiger partial charge is 0.317 e. The highest BCUT2D eigenvalue weighted by molar-refractivity contribution is 5.88. The molecule has 6 nitrogen and oxygen atoms in total. The van der Waals surface area contributed by atoms with Gasteiger partial charge in [-0.2, -0.15) is 0 Å². The lowest BCUT2D eigenvalue weighted by molar-refractivity contribution is -0.138. The van der Waals surface area contributed by atoms with E-state index in [-0.39, 0.29) is 12.5 Å². The Balaban J connectivity index is 2.62. The highest BCUT2D eigenvalue weighted by Gasteiger charge is 2.10. The molecule has 1 rings (SSSR count). The van der Waals surface area contributed by atoms with Crippen LogP contribution >= 0.6 is 0 Å². The van der Waals surface area contributed by atoms with Crippen LogP contribution in [0.3, 0.4) is 0 Å². The summed E-state index contributed by atoms with van der Waals surface area (Å²) < 4.78 is 4.97. The third-order valence-electron chi connectivity index (χ3n) is 2.65. The molecule has 0 fully saturated rings. The first-order valence-corrected chi connectivity index (χ1v) is 6.31. The van der Waals surface area contributed by atoms with Crippen LogP contribution < -0.4 is 5.32 Å². The second kappa shape index (κ2) is 8.29. The zero-order valence-electron chi connectivity index (χ0n) is 11.8. The fourth-order valence-corrected chi connectivity index (χ4v) is 1.78. The molecule has 0 unspecified atom stereocenters. The summed E-state index contributed by atoms with van der Waals surface area (Å²) in [7, 11) is 1.58. The van der Waals surface area contributed by atoms with E-state index in [0.717, 1.165) is 11.3 Å². The number of hydrogen-bond donors (Lipinski definition) is 2. The lowest BCUT2D eigenvalue weighted by Crippen LogP contribution is -2.32. The number of benzene rings is 1. The Kier molecular flexibility index (Phi) is 6.69. The molecule has 6 heteroatoms. The molecule has 0 aliphatic carbocycles. The Hall–Kier alpha value is -1.92. The number of methoxy groups -OCH3 is 1. The quantitative estimate of drug-likeness (QED) is 0.747. The third-order valence-corrected chi connectivity index (χ3v) is 2.65. The minimum absolute atomic E-state index is 0.0309. The molecule has 0 radical (unpaired) electrons. The Morgan fingerprint density at radius 2 is 1.95 bits per heavy atom. The van der Waals surface area contributed by atoms with Crippen molar-refractivity contribution in [3.05, 3.63) is 29.8 Å². The van der Waals surface area contributed by atoms with Crippen LogP contribution in [0.2, 0.25) is 0 Å². The van der Waals surface area contributed by atoms with Crippen molar-refractivity contribution >= 4 is 17.6 Å². The Morgan fingerprint density at radius 3 is 2.45 bits per heavy atom. The number of carbonyl (C=O) groups excluding carboxylic acids is 1. The summed E-state index contributed by atoms with van der Waals surface area (Å²) in [6.45, 7) is 2.98. The van der Waals surface area contributed by atoms with Gasteiger partial charge in [0.1, 0.15) is 0 Å². The van der Waals surface area contributed by atoms with Crippen molar-refractivity contribution in [2.45, 2.75) is 13.5 Å². The van der Waals surface area contributed by atoms with E-state index in [2.05, 4.69) is 5.32 Å². The Morgan fingerprint density at radius 1 is 1.30 bits per heavy atom. The number of carboxylic acid groups (broad SMARTS) is 1. The van der Waals surface area contributed by atoms with E-state index in [0.29, 0.717) is 19.7 Å². The molecule has 20 heavy (non-hydrogen) atoms. The molecule has 0 atom stereocenters. The first kappa shape index (κ1) is 16.1. The standard InChI is InChI=1S/C14H20N2O4/c1-11(17)15-13-5-3-12(4-6-13)9-16(7-8-20-2)10-14(18)19/h3-6H,7-10H2,1-2H3,(H,15,17)(H,18,19). The van der Waals surface area contributed by atoms with Crippen LogP contribution in [0, 0.1) is 0 Å². The number of nitrogens with one attached hydrogen (secondary N) is 1. The number of carboxylic acids is 1. The van der Waals surface area contributed by atoms with Crippen molar-refractivity contribution in [1.82, 2.24) is 4.90 Å². The molecule has 0 spiro atoms. The summed E-state index contributed by atoms with van der Waals surface area (Å²) in [4.78, 5) is 23.5. The van der Waals surface area contributed by atoms with Crippen LogP contribution in [0.15, 0.2) is 24.3 Å². The van der Waals surface area contributed by atoms with Gasteiger partial charge in [-0.1, -0.05) is 12.1 Å². The van der Waals surface area contributed by atoms with Crippen molar-refractivity contribution in [3.63, 3.8) is 0 Å². The molecular formula is C14H20N2O4. The molecule has 1 aromatic carbocycles. The molecule has 0 heterocycles. The average Bonchev–Trinajstić information content (AvgIpc) is 2.37. The third kappa shape index (κ3) is 6.31. The number of hydrogen-bond acceptors (Lipinski definition) is 4. The van der Waals surface area contributed by atoms with Gasteiger partial charge in [0.2, 0.25) is 5.91 Å². The number of amides is 1. The van der Waals surface area contributed by atoms with Gasteiger partial charge in [-0.15, -0.1) is 0 Å². The van der Waals surface area contributed by atoms with Crippen LogP contribution in [0.4, 0.5) is 5.69 Å². The molecule has 0 bridgehead atoms. The predicted octanol–water partition coefficient (Wildman–Crippen LogP) is 1.18. The minimum Gasteiger partial charge on any atom is -0.480 e. The van der Waals surface area contributed by atoms with Gasteiger partial charge in [-0.25, -0.2) is 0 Å². The van der Waals surface area contributed by atoms with Crippen LogP contribution in [-0.4, -0.2) is 48.7 Å². The van der Waals surface area contributed by atoms with E-state index in [9.17, 15) is 9.59 Å². The van der Waals surface area contributed by atoms with Gasteiger partial charge in [0.05, 0.1) is 13.2 Å². The van der Waals surface area contributed by atoms with E-state index in [4.69, 9.17) is 9.84 Å². The molecule has 0 aliphatic rings. The van der Waals surface area contributed by atoms with Crippen molar-refractivity contribution in [2.24, 2.45) is 0 Å². The zero-order chi connectivity index (χ0) is 15.0. The number of anilines is 1. The average molecular weight is 280 g/mol. The topological polar surface area (TPSA) is 78.9 Å². The number of aliphatic carboxylic acids is 1. The van der Waals surface area contributed by atoms with Crippen molar-refractivity contribution in [1.29, 1.82) is 0 Å². The molecule has 1 amide bonds. The highest BCUT2D eigenvalue weighted by Crippen LogP contribution is 2.11. The number of ether oxygens (including phenoxy) is 1. The molecule has 110 valence electrons. The largest absolute Gasteiger partial charge is 0.480 e. The van der Waals surface area contributed by atoms with Crippen molar-refractivity contribution in [3.8, 4) is 0 Å². The van der Waals surface area contributed by atoms with Crippen LogP contribution in [0.1, 0.15) is 12.5 Å². The first-order valence-electron chi connectivity index (χ1n) is 6.31. The van der Waals surface area contributed by atoms with Gasteiger partial charge in [0.15, 0.2) is 0 Å². The zero-order valence-corrected chi connectivity index (χ0v) is 11.8. The van der Waals surface area contributed by atoms with Gasteiger partial charge in [-0.3, -0.25) is 14.5 Å². The van der Waals surface area contributed by atoms with E-state index in [1.54, 1.807) is 24.1 Å². The minimum atomic E-state index is -0.865. The Bertz CT molecular complexity index is 445. The van der Waals surface area contributed by atoms with E-state index in [1.807, 2.05) is 12.1 Å². The number of rotatable bonds is 8. The van der Waals surface area contributed by atoms with Crippen molar-refractivity contribution < 1.29 is 19.4 Å². The molecular weight excluding hydrogens is 260 g/mol. The second-order valence-corrected chi connectivity index (χ2v) is 4.48. The summed E-state index contributed by atoms with van der Waals surface area (Å²) in [6.07, 6.45) is 0. The van der Waals surface area contributed by atoms with E-state index >= 15 is 0 Å². The van der Waals surface area contributed by atoms with Gasteiger partial charge in [-0.05, 0) is 17.7 Å². The summed E-state index contributed by atoms with van der Waals surface area (Å²) in [5, 5.41) is 11.6. The van der Waals surface area contributed by atoms with Crippen LogP contribution in [0.25, 0.3) is 0 Å². The monoisotopic (exact) mass is 280 g/mol. The van der Waals surface area contributed by atoms with Crippen LogP contribution in [0.5, 0.6) is 0 Å². The fourth-order valence-electron chi connectivity index (χ4n) is 1.78. The van der Waals surface area contributed by atoms with Crippen LogP contribution in [-0.2, 0) is 20.9 Å². The second-order valence-electron chi connectivity index (χ2n) is 4.48. The summed E-state index contributed by atoms with van der Waals surface area (Å²) >= 11 is 0. The molecule has 0 saturated heterocycles. The van der Waals surface area contributed by atoms with E-state index < -0.39 is 5.97 Å². The molecule has 0 aromatic heterocycles. The van der Waals surface area contributed by atoms with E-state index in [1.165, 1.54) is 6.92 Å². The van der Waals surface area contributed by atoms with Crippen molar-refractivity contribution in [2.75, 3.05) is 32.1 Å². The van der Waals surface area contributed by atoms with Gasteiger partial charge in [0.25, 0.3) is 0 Å². The summed E-state index contributed by atoms with van der Waals surface area (Å²) in [5.41, 5.74) is 1.71. The highest BCUT2D eigenvalue weighted by atomic mass is 16.5. The first-order chi connectivity index (χ1) is 9.51. The fraction of sp³-hybridized carbons (Fsp3) is 0.429. The van der Waals surface area contributed by atoms with Gasteiger partial charge in [0, 0.05) is 32.8 Å². The van der Waals surface area contributed by atoms with Gasteiger partial charge < -0.3 is 15.2 Å². The maximum absolute atomic E-state index is 10.9. The molecule has 1 aromatic rings. The SMILES string of the molecule is COCCN(CC(=O)O)Cc1ccc(NC(C)=O)cc1. The molecule has 0 aliphatic heterocycles. The summed E-state index contributed by atoms with van der Waals surface area (Å²) in [6, 6.07) is 7.33. The molecule has 2 N–H and O–H groups in total. The maximum Gasteiger partial charge on any atom is 0.317 e. The number of carbonyl (C=O) groups is 2. The number of nitrogens with zero attached hydrogens (tertiary/aromatic N) is 1. The molecule has 0 saturated carbocycles. The lowest BCUT2D eigenvalue weighted by Gasteiger charge is -2.20. The lowest BCUT2D eigenvalue weighted by atomic mass is 10.2. The Labute approximate surface area is 118 Å². The normalized spacial score (nSPS) is 10.6. The van der Waals surface area contributed by atoms with Gasteiger partial charge >= 0.3 is 5.97 Å². The predicted molar refractivity (Wildman–Crippen MR) is 75.5 cm³/mol.